The van der Waals surface area contributed by atoms with Crippen molar-refractivity contribution in [1.82, 2.24) is 4.31 Å². The van der Waals surface area contributed by atoms with E-state index < -0.39 is 10.0 Å². The molecule has 33 heavy (non-hydrogen) atoms. The predicted octanol–water partition coefficient (Wildman–Crippen LogP) is 4.15. The normalized spacial score (nSPS) is 19.3. The maximum Gasteiger partial charge on any atom is 0.244 e. The summed E-state index contributed by atoms with van der Waals surface area (Å²) < 4.78 is 27.7. The Balaban J connectivity index is 1.66. The van der Waals surface area contributed by atoms with E-state index in [2.05, 4.69) is 5.32 Å². The summed E-state index contributed by atoms with van der Waals surface area (Å²) in [5.41, 5.74) is 1.87. The molecule has 7 nitrogen and oxygen atoms in total. The van der Waals surface area contributed by atoms with E-state index in [9.17, 15) is 18.0 Å². The number of rotatable bonds is 5. The number of hydrogen-bond donors (Lipinski definition) is 1. The molecule has 2 aromatic rings. The molecule has 0 bridgehead atoms. The first-order valence-electron chi connectivity index (χ1n) is 10.8. The number of nitrogens with one attached hydrogen (secondary N) is 1. The molecular formula is C23H26ClN3O4S2. The van der Waals surface area contributed by atoms with Crippen LogP contribution in [0.1, 0.15) is 25.3 Å². The second-order valence-electron chi connectivity index (χ2n) is 8.38. The fourth-order valence-corrected chi connectivity index (χ4v) is 6.73. The van der Waals surface area contributed by atoms with E-state index in [-0.39, 0.29) is 29.2 Å². The number of benzene rings is 2. The summed E-state index contributed by atoms with van der Waals surface area (Å²) in [6, 6.07) is 10.1. The standard InChI is InChI=1S/C23H26ClN3O4S2/c1-15-5-6-17(24)11-19(15)25-22(28)13-27-20-12-18(33(30,31)26-9-3-4-10-26)7-8-21(20)32-14-16(2)23(27)29/h5-8,11-12,16H,3-4,9-10,13-14H2,1-2H3,(H,25,28). The molecule has 1 N–H and O–H groups in total. The molecular weight excluding hydrogens is 482 g/mol. The number of nitrogens with zero attached hydrogens (tertiary/aromatic N) is 2. The van der Waals surface area contributed by atoms with Crippen molar-refractivity contribution in [3.63, 3.8) is 0 Å². The van der Waals surface area contributed by atoms with E-state index in [1.807, 2.05) is 13.8 Å². The number of carbonyl (C=O) groups excluding carboxylic acids is 2. The van der Waals surface area contributed by atoms with Crippen molar-refractivity contribution >= 4 is 56.6 Å². The highest BCUT2D eigenvalue weighted by atomic mass is 35.5. The molecule has 10 heteroatoms. The lowest BCUT2D eigenvalue weighted by Gasteiger charge is -2.25. The quantitative estimate of drug-likeness (QED) is 0.657. The topological polar surface area (TPSA) is 86.8 Å². The van der Waals surface area contributed by atoms with E-state index >= 15 is 0 Å². The Morgan fingerprint density at radius 2 is 1.91 bits per heavy atom. The molecule has 2 aliphatic rings. The molecule has 2 heterocycles. The number of hydrogen-bond acceptors (Lipinski definition) is 5. The van der Waals surface area contributed by atoms with Gasteiger partial charge in [0, 0.05) is 40.4 Å². The van der Waals surface area contributed by atoms with Crippen molar-refractivity contribution in [3.8, 4) is 0 Å². The zero-order valence-corrected chi connectivity index (χ0v) is 20.9. The summed E-state index contributed by atoms with van der Waals surface area (Å²) in [6.45, 7) is 4.43. The van der Waals surface area contributed by atoms with Gasteiger partial charge in [0.15, 0.2) is 0 Å². The van der Waals surface area contributed by atoms with E-state index in [1.165, 1.54) is 27.0 Å². The highest BCUT2D eigenvalue weighted by molar-refractivity contribution is 7.99. The molecule has 176 valence electrons. The Morgan fingerprint density at radius 3 is 2.64 bits per heavy atom. The number of carbonyl (C=O) groups is 2. The summed E-state index contributed by atoms with van der Waals surface area (Å²) in [6.07, 6.45) is 1.68. The van der Waals surface area contributed by atoms with E-state index in [1.54, 1.807) is 30.3 Å². The van der Waals surface area contributed by atoms with Gasteiger partial charge in [0.2, 0.25) is 21.8 Å². The molecule has 2 amide bonds. The Morgan fingerprint density at radius 1 is 1.18 bits per heavy atom. The van der Waals surface area contributed by atoms with Crippen LogP contribution in [-0.4, -0.2) is 49.9 Å². The maximum absolute atomic E-state index is 13.2. The third-order valence-corrected chi connectivity index (χ3v) is 9.33. The van der Waals surface area contributed by atoms with Gasteiger partial charge in [0.25, 0.3) is 0 Å². The molecule has 1 atom stereocenters. The summed E-state index contributed by atoms with van der Waals surface area (Å²) in [7, 11) is -3.66. The Hall–Kier alpha value is -2.07. The summed E-state index contributed by atoms with van der Waals surface area (Å²) >= 11 is 7.55. The highest BCUT2D eigenvalue weighted by Gasteiger charge is 2.33. The first kappa shape index (κ1) is 24.1. The summed E-state index contributed by atoms with van der Waals surface area (Å²) in [5.74, 6) is -0.362. The van der Waals surface area contributed by atoms with Gasteiger partial charge in [-0.25, -0.2) is 8.42 Å². The smallest absolute Gasteiger partial charge is 0.244 e. The van der Waals surface area contributed by atoms with Gasteiger partial charge in [0.05, 0.1) is 10.6 Å². The number of fused-ring (bicyclic) bond motifs is 1. The number of sulfonamides is 1. The predicted molar refractivity (Wildman–Crippen MR) is 131 cm³/mol. The molecule has 1 fully saturated rings. The van der Waals surface area contributed by atoms with Crippen molar-refractivity contribution in [3.05, 3.63) is 47.0 Å². The second-order valence-corrected chi connectivity index (χ2v) is 11.8. The Labute approximate surface area is 203 Å². The van der Waals surface area contributed by atoms with Crippen LogP contribution in [0.3, 0.4) is 0 Å². The minimum absolute atomic E-state index is 0.141. The highest BCUT2D eigenvalue weighted by Crippen LogP contribution is 2.38. The first-order chi connectivity index (χ1) is 15.7. The summed E-state index contributed by atoms with van der Waals surface area (Å²) in [5, 5.41) is 3.32. The molecule has 2 aliphatic heterocycles. The van der Waals surface area contributed by atoms with Gasteiger partial charge in [-0.15, -0.1) is 11.8 Å². The molecule has 1 saturated heterocycles. The number of anilines is 2. The monoisotopic (exact) mass is 507 g/mol. The lowest BCUT2D eigenvalue weighted by atomic mass is 10.1. The van der Waals surface area contributed by atoms with E-state index in [0.29, 0.717) is 35.2 Å². The second kappa shape index (κ2) is 9.66. The van der Waals surface area contributed by atoms with Crippen LogP contribution < -0.4 is 10.2 Å². The molecule has 2 aromatic carbocycles. The van der Waals surface area contributed by atoms with Gasteiger partial charge in [-0.05, 0) is 55.7 Å². The fourth-order valence-electron chi connectivity index (χ4n) is 3.96. The van der Waals surface area contributed by atoms with Gasteiger partial charge >= 0.3 is 0 Å². The molecule has 0 saturated carbocycles. The molecule has 1 unspecified atom stereocenters. The van der Waals surface area contributed by atoms with Crippen molar-refractivity contribution < 1.29 is 18.0 Å². The molecule has 0 radical (unpaired) electrons. The van der Waals surface area contributed by atoms with Crippen molar-refractivity contribution in [2.75, 3.05) is 35.6 Å². The maximum atomic E-state index is 13.2. The van der Waals surface area contributed by atoms with E-state index in [4.69, 9.17) is 11.6 Å². The zero-order valence-electron chi connectivity index (χ0n) is 18.5. The van der Waals surface area contributed by atoms with Crippen LogP contribution >= 0.6 is 23.4 Å². The molecule has 0 aliphatic carbocycles. The number of amides is 2. The first-order valence-corrected chi connectivity index (χ1v) is 13.6. The number of aryl methyl sites for hydroxylation is 1. The van der Waals surface area contributed by atoms with Crippen molar-refractivity contribution in [2.24, 2.45) is 5.92 Å². The molecule has 4 rings (SSSR count). The summed E-state index contributed by atoms with van der Waals surface area (Å²) in [4.78, 5) is 28.4. The number of thioether (sulfide) groups is 1. The molecule has 0 aromatic heterocycles. The minimum Gasteiger partial charge on any atom is -0.324 e. The van der Waals surface area contributed by atoms with Crippen LogP contribution in [0.15, 0.2) is 46.2 Å². The van der Waals surface area contributed by atoms with Crippen LogP contribution in [0, 0.1) is 12.8 Å². The van der Waals surface area contributed by atoms with Gasteiger partial charge in [-0.2, -0.15) is 4.31 Å². The van der Waals surface area contributed by atoms with Gasteiger partial charge in [-0.1, -0.05) is 24.6 Å². The lowest BCUT2D eigenvalue weighted by molar-refractivity contribution is -0.123. The van der Waals surface area contributed by atoms with Crippen LogP contribution in [0.5, 0.6) is 0 Å². The average molecular weight is 508 g/mol. The average Bonchev–Trinajstić information content (AvgIpc) is 3.30. The van der Waals surface area contributed by atoms with E-state index in [0.717, 1.165) is 23.3 Å². The number of halogens is 1. The largest absolute Gasteiger partial charge is 0.324 e. The van der Waals surface area contributed by atoms with Crippen molar-refractivity contribution in [2.45, 2.75) is 36.5 Å². The lowest BCUT2D eigenvalue weighted by Crippen LogP contribution is -2.41. The Bertz CT molecular complexity index is 1200. The van der Waals surface area contributed by atoms with Gasteiger partial charge < -0.3 is 10.2 Å². The SMILES string of the molecule is Cc1ccc(Cl)cc1NC(=O)CN1C(=O)C(C)CSc2ccc(S(=O)(=O)N3CCCC3)cc21. The third kappa shape index (κ3) is 5.06. The third-order valence-electron chi connectivity index (χ3n) is 5.88. The molecule has 0 spiro atoms. The van der Waals surface area contributed by atoms with Crippen LogP contribution in [0.2, 0.25) is 5.02 Å². The zero-order chi connectivity index (χ0) is 23.8. The van der Waals surface area contributed by atoms with Crippen molar-refractivity contribution in [1.29, 1.82) is 0 Å². The fraction of sp³-hybridized carbons (Fsp3) is 0.391. The van der Waals surface area contributed by atoms with Crippen LogP contribution in [0.25, 0.3) is 0 Å². The van der Waals surface area contributed by atoms with Gasteiger partial charge in [0.1, 0.15) is 6.54 Å². The Kier molecular flexibility index (Phi) is 7.04. The van der Waals surface area contributed by atoms with Gasteiger partial charge in [-0.3, -0.25) is 9.59 Å². The minimum atomic E-state index is -3.66. The van der Waals surface area contributed by atoms with Crippen LogP contribution in [-0.2, 0) is 19.6 Å². The van der Waals surface area contributed by atoms with Crippen LogP contribution in [0.4, 0.5) is 11.4 Å².